The summed E-state index contributed by atoms with van der Waals surface area (Å²) in [6.07, 6.45) is 2.42. The summed E-state index contributed by atoms with van der Waals surface area (Å²) in [5.41, 5.74) is 0. The molecule has 0 bridgehead atoms. The summed E-state index contributed by atoms with van der Waals surface area (Å²) in [5.74, 6) is 1.88. The average Bonchev–Trinajstić information content (AvgIpc) is 1.99. The van der Waals surface area contributed by atoms with Crippen LogP contribution in [-0.2, 0) is 4.79 Å². The van der Waals surface area contributed by atoms with Crippen molar-refractivity contribution in [2.45, 2.75) is 26.7 Å². The van der Waals surface area contributed by atoms with E-state index in [1.165, 1.54) is 12.8 Å². The molecule has 0 rings (SSSR count). The monoisotopic (exact) mass is 175 g/mol. The summed E-state index contributed by atoms with van der Waals surface area (Å²) in [5, 5.41) is 2.76. The molecular weight excluding hydrogens is 158 g/mol. The molecule has 0 saturated carbocycles. The molecule has 0 aromatic rings. The van der Waals surface area contributed by atoms with Crippen LogP contribution in [0.1, 0.15) is 26.7 Å². The molecule has 0 heterocycles. The summed E-state index contributed by atoms with van der Waals surface area (Å²) in [6, 6.07) is 0. The third kappa shape index (κ3) is 7.72. The minimum atomic E-state index is 0.161. The van der Waals surface area contributed by atoms with Gasteiger partial charge in [0.2, 0.25) is 5.91 Å². The smallest absolute Gasteiger partial charge is 0.229 e. The maximum Gasteiger partial charge on any atom is 0.229 e. The maximum absolute atomic E-state index is 10.9. The molecule has 0 aliphatic heterocycles. The zero-order chi connectivity index (χ0) is 8.53. The van der Waals surface area contributed by atoms with Crippen LogP contribution in [0.2, 0.25) is 0 Å². The summed E-state index contributed by atoms with van der Waals surface area (Å²) in [7, 11) is 0. The van der Waals surface area contributed by atoms with E-state index in [4.69, 9.17) is 0 Å². The van der Waals surface area contributed by atoms with Crippen molar-refractivity contribution in [2.24, 2.45) is 0 Å². The van der Waals surface area contributed by atoms with Gasteiger partial charge in [-0.1, -0.05) is 13.3 Å². The molecule has 0 spiro atoms. The molecule has 0 aliphatic rings. The summed E-state index contributed by atoms with van der Waals surface area (Å²) >= 11 is 1.71. The van der Waals surface area contributed by atoms with Crippen molar-refractivity contribution >= 4 is 17.7 Å². The molecule has 0 aromatic carbocycles. The molecule has 0 saturated heterocycles. The fourth-order valence-corrected chi connectivity index (χ4v) is 1.58. The second kappa shape index (κ2) is 7.92. The highest BCUT2D eigenvalue weighted by atomic mass is 32.2. The molecule has 66 valence electrons. The van der Waals surface area contributed by atoms with Crippen LogP contribution in [0.25, 0.3) is 0 Å². The Morgan fingerprint density at radius 3 is 2.73 bits per heavy atom. The highest BCUT2D eigenvalue weighted by molar-refractivity contribution is 7.99. The Morgan fingerprint density at radius 1 is 1.45 bits per heavy atom. The van der Waals surface area contributed by atoms with Crippen LogP contribution in [0.4, 0.5) is 0 Å². The number of rotatable bonds is 6. The Labute approximate surface area is 73.1 Å². The first-order chi connectivity index (χ1) is 5.31. The number of amides is 1. The molecule has 1 amide bonds. The van der Waals surface area contributed by atoms with Crippen molar-refractivity contribution in [3.8, 4) is 0 Å². The van der Waals surface area contributed by atoms with Gasteiger partial charge < -0.3 is 5.32 Å². The number of hydrogen-bond acceptors (Lipinski definition) is 2. The molecule has 2 nitrogen and oxygen atoms in total. The summed E-state index contributed by atoms with van der Waals surface area (Å²) in [6.45, 7) is 4.84. The van der Waals surface area contributed by atoms with Crippen LogP contribution in [0.15, 0.2) is 0 Å². The van der Waals surface area contributed by atoms with E-state index >= 15 is 0 Å². The Kier molecular flexibility index (Phi) is 7.79. The Bertz CT molecular complexity index is 106. The zero-order valence-corrected chi connectivity index (χ0v) is 8.17. The van der Waals surface area contributed by atoms with Crippen molar-refractivity contribution < 1.29 is 4.79 Å². The molecule has 0 unspecified atom stereocenters. The van der Waals surface area contributed by atoms with Gasteiger partial charge >= 0.3 is 0 Å². The fraction of sp³-hybridized carbons (Fsp3) is 0.875. The van der Waals surface area contributed by atoms with Gasteiger partial charge in [0.1, 0.15) is 0 Å². The van der Waals surface area contributed by atoms with Gasteiger partial charge in [-0.2, -0.15) is 11.8 Å². The molecule has 0 radical (unpaired) electrons. The van der Waals surface area contributed by atoms with Crippen LogP contribution in [0, 0.1) is 0 Å². The van der Waals surface area contributed by atoms with Crippen LogP contribution >= 0.6 is 11.8 Å². The number of carbonyl (C=O) groups is 1. The summed E-state index contributed by atoms with van der Waals surface area (Å²) in [4.78, 5) is 10.9. The minimum Gasteiger partial charge on any atom is -0.356 e. The van der Waals surface area contributed by atoms with E-state index in [9.17, 15) is 4.79 Å². The number of unbranched alkanes of at least 4 members (excludes halogenated alkanes) is 1. The summed E-state index contributed by atoms with van der Waals surface area (Å²) < 4.78 is 0. The van der Waals surface area contributed by atoms with Crippen LogP contribution < -0.4 is 5.32 Å². The van der Waals surface area contributed by atoms with E-state index in [-0.39, 0.29) is 5.91 Å². The predicted molar refractivity (Wildman–Crippen MR) is 50.9 cm³/mol. The second-order valence-corrected chi connectivity index (χ2v) is 3.46. The Balaban J connectivity index is 3.04. The van der Waals surface area contributed by atoms with E-state index in [1.54, 1.807) is 11.8 Å². The Morgan fingerprint density at radius 2 is 2.18 bits per heavy atom. The third-order valence-corrected chi connectivity index (χ3v) is 2.29. The largest absolute Gasteiger partial charge is 0.356 e. The van der Waals surface area contributed by atoms with E-state index in [0.717, 1.165) is 12.3 Å². The predicted octanol–water partition coefficient (Wildman–Crippen LogP) is 1.66. The van der Waals surface area contributed by atoms with Crippen molar-refractivity contribution in [3.05, 3.63) is 0 Å². The first-order valence-electron chi connectivity index (χ1n) is 4.15. The topological polar surface area (TPSA) is 29.1 Å². The minimum absolute atomic E-state index is 0.161. The van der Waals surface area contributed by atoms with Gasteiger partial charge in [0, 0.05) is 6.54 Å². The first-order valence-corrected chi connectivity index (χ1v) is 5.31. The van der Waals surface area contributed by atoms with Gasteiger partial charge in [0.15, 0.2) is 0 Å². The van der Waals surface area contributed by atoms with Gasteiger partial charge in [-0.3, -0.25) is 4.79 Å². The van der Waals surface area contributed by atoms with Crippen molar-refractivity contribution in [1.82, 2.24) is 5.32 Å². The lowest BCUT2D eigenvalue weighted by molar-refractivity contribution is -0.118. The lowest BCUT2D eigenvalue weighted by atomic mass is 10.4. The third-order valence-electron chi connectivity index (χ3n) is 1.25. The SMILES string of the molecule is CCCCSCC(=O)NCC. The van der Waals surface area contributed by atoms with E-state index < -0.39 is 0 Å². The highest BCUT2D eigenvalue weighted by Gasteiger charge is 1.97. The maximum atomic E-state index is 10.9. The normalized spacial score (nSPS) is 9.64. The highest BCUT2D eigenvalue weighted by Crippen LogP contribution is 2.02. The number of carbonyl (C=O) groups excluding carboxylic acids is 1. The number of hydrogen-bond donors (Lipinski definition) is 1. The van der Waals surface area contributed by atoms with E-state index in [1.807, 2.05) is 6.92 Å². The fourth-order valence-electron chi connectivity index (χ4n) is 0.659. The van der Waals surface area contributed by atoms with E-state index in [2.05, 4.69) is 12.2 Å². The lowest BCUT2D eigenvalue weighted by Crippen LogP contribution is -2.24. The van der Waals surface area contributed by atoms with Gasteiger partial charge in [-0.15, -0.1) is 0 Å². The van der Waals surface area contributed by atoms with Crippen LogP contribution in [-0.4, -0.2) is 24.0 Å². The van der Waals surface area contributed by atoms with Gasteiger partial charge in [-0.25, -0.2) is 0 Å². The molecule has 0 atom stereocenters. The molecular formula is C8H17NOS. The molecule has 1 N–H and O–H groups in total. The van der Waals surface area contributed by atoms with Gasteiger partial charge in [-0.05, 0) is 19.1 Å². The van der Waals surface area contributed by atoms with Gasteiger partial charge in [0.25, 0.3) is 0 Å². The van der Waals surface area contributed by atoms with Gasteiger partial charge in [0.05, 0.1) is 5.75 Å². The number of thioether (sulfide) groups is 1. The average molecular weight is 175 g/mol. The quantitative estimate of drug-likeness (QED) is 0.622. The van der Waals surface area contributed by atoms with E-state index in [0.29, 0.717) is 5.75 Å². The Hall–Kier alpha value is -0.180. The van der Waals surface area contributed by atoms with Crippen LogP contribution in [0.3, 0.4) is 0 Å². The standard InChI is InChI=1S/C8H17NOS/c1-3-5-6-11-7-8(10)9-4-2/h3-7H2,1-2H3,(H,9,10). The molecule has 3 heteroatoms. The first kappa shape index (κ1) is 10.8. The zero-order valence-electron chi connectivity index (χ0n) is 7.35. The molecule has 0 fully saturated rings. The number of nitrogens with one attached hydrogen (secondary N) is 1. The van der Waals surface area contributed by atoms with Crippen molar-refractivity contribution in [1.29, 1.82) is 0 Å². The second-order valence-electron chi connectivity index (χ2n) is 2.36. The van der Waals surface area contributed by atoms with Crippen LogP contribution in [0.5, 0.6) is 0 Å². The van der Waals surface area contributed by atoms with Crippen molar-refractivity contribution in [2.75, 3.05) is 18.1 Å². The van der Waals surface area contributed by atoms with Crippen molar-refractivity contribution in [3.63, 3.8) is 0 Å². The molecule has 0 aliphatic carbocycles. The molecule has 11 heavy (non-hydrogen) atoms. The lowest BCUT2D eigenvalue weighted by Gasteiger charge is -2.00. The molecule has 0 aromatic heterocycles.